The zero-order valence-electron chi connectivity index (χ0n) is 13.4. The van der Waals surface area contributed by atoms with Gasteiger partial charge in [-0.25, -0.2) is 0 Å². The van der Waals surface area contributed by atoms with Crippen LogP contribution in [0.15, 0.2) is 17.1 Å². The van der Waals surface area contributed by atoms with Gasteiger partial charge in [-0.05, 0) is 31.0 Å². The van der Waals surface area contributed by atoms with Gasteiger partial charge in [0.25, 0.3) is 0 Å². The minimum Gasteiger partial charge on any atom is -0.502 e. The molecule has 1 aromatic carbocycles. The predicted molar refractivity (Wildman–Crippen MR) is 84.3 cm³/mol. The maximum Gasteiger partial charge on any atom is 0.200 e. The van der Waals surface area contributed by atoms with E-state index in [4.69, 9.17) is 9.47 Å². The lowest BCUT2D eigenvalue weighted by Gasteiger charge is -2.17. The highest BCUT2D eigenvalue weighted by atomic mass is 16.5. The number of methoxy groups -OCH3 is 2. The number of phenolic OH excluding ortho intramolecular Hbond substituents is 1. The summed E-state index contributed by atoms with van der Waals surface area (Å²) >= 11 is 0. The second-order valence-electron chi connectivity index (χ2n) is 4.73. The fourth-order valence-corrected chi connectivity index (χ4v) is 1.77. The summed E-state index contributed by atoms with van der Waals surface area (Å²) in [6.07, 6.45) is 1.02. The van der Waals surface area contributed by atoms with Gasteiger partial charge >= 0.3 is 0 Å². The maximum atomic E-state index is 9.88. The van der Waals surface area contributed by atoms with Gasteiger partial charge in [-0.2, -0.15) is 0 Å². The minimum absolute atomic E-state index is 0.00543. The molecule has 0 amide bonds. The van der Waals surface area contributed by atoms with Gasteiger partial charge in [0.05, 0.1) is 14.2 Å². The van der Waals surface area contributed by atoms with Crippen LogP contribution in [0.2, 0.25) is 0 Å². The summed E-state index contributed by atoms with van der Waals surface area (Å²) in [4.78, 5) is 4.18. The summed E-state index contributed by atoms with van der Waals surface area (Å²) < 4.78 is 10.3. The molecular weight excluding hydrogens is 270 g/mol. The van der Waals surface area contributed by atoms with Crippen molar-refractivity contribution >= 4 is 5.96 Å². The van der Waals surface area contributed by atoms with Crippen molar-refractivity contribution in [3.8, 4) is 17.2 Å². The van der Waals surface area contributed by atoms with Crippen LogP contribution < -0.4 is 20.1 Å². The Kier molecular flexibility index (Phi) is 6.65. The van der Waals surface area contributed by atoms with Crippen molar-refractivity contribution in [2.45, 2.75) is 32.9 Å². The summed E-state index contributed by atoms with van der Waals surface area (Å²) in [7, 11) is 4.75. The van der Waals surface area contributed by atoms with Gasteiger partial charge < -0.3 is 25.2 Å². The number of aromatic hydroxyl groups is 1. The van der Waals surface area contributed by atoms with Crippen molar-refractivity contribution in [1.29, 1.82) is 0 Å². The van der Waals surface area contributed by atoms with Gasteiger partial charge in [0.2, 0.25) is 5.75 Å². The van der Waals surface area contributed by atoms with E-state index in [9.17, 15) is 5.11 Å². The Bertz CT molecular complexity index is 464. The molecule has 0 aliphatic rings. The zero-order chi connectivity index (χ0) is 15.8. The lowest BCUT2D eigenvalue weighted by atomic mass is 10.2. The lowest BCUT2D eigenvalue weighted by Crippen LogP contribution is -2.41. The van der Waals surface area contributed by atoms with Crippen LogP contribution in [0.1, 0.15) is 25.8 Å². The average molecular weight is 295 g/mol. The molecule has 0 aliphatic heterocycles. The van der Waals surface area contributed by atoms with Crippen LogP contribution >= 0.6 is 0 Å². The average Bonchev–Trinajstić information content (AvgIpc) is 2.51. The standard InChI is InChI=1S/C15H25N3O3/c1-6-10(2)18-15(16-3)17-9-11-7-12(20-4)14(19)13(8-11)21-5/h7-8,10,19H,6,9H2,1-5H3,(H2,16,17,18). The van der Waals surface area contributed by atoms with Gasteiger partial charge in [0, 0.05) is 19.6 Å². The number of phenols is 1. The van der Waals surface area contributed by atoms with E-state index in [1.165, 1.54) is 14.2 Å². The van der Waals surface area contributed by atoms with Crippen molar-refractivity contribution in [3.63, 3.8) is 0 Å². The molecule has 0 radical (unpaired) electrons. The third-order valence-corrected chi connectivity index (χ3v) is 3.22. The van der Waals surface area contributed by atoms with Gasteiger partial charge in [-0.1, -0.05) is 6.92 Å². The van der Waals surface area contributed by atoms with Crippen molar-refractivity contribution in [2.24, 2.45) is 4.99 Å². The van der Waals surface area contributed by atoms with E-state index >= 15 is 0 Å². The Labute approximate surface area is 126 Å². The van der Waals surface area contributed by atoms with E-state index in [0.29, 0.717) is 24.1 Å². The van der Waals surface area contributed by atoms with E-state index in [0.717, 1.165) is 17.9 Å². The fraction of sp³-hybridized carbons (Fsp3) is 0.533. The van der Waals surface area contributed by atoms with Crippen LogP contribution in [0.5, 0.6) is 17.2 Å². The molecule has 0 spiro atoms. The molecule has 1 atom stereocenters. The van der Waals surface area contributed by atoms with Crippen LogP contribution in [0.3, 0.4) is 0 Å². The van der Waals surface area contributed by atoms with Crippen LogP contribution in [-0.2, 0) is 6.54 Å². The Morgan fingerprint density at radius 2 is 1.86 bits per heavy atom. The Hall–Kier alpha value is -2.11. The van der Waals surface area contributed by atoms with Crippen molar-refractivity contribution in [2.75, 3.05) is 21.3 Å². The first kappa shape index (κ1) is 16.9. The summed E-state index contributed by atoms with van der Waals surface area (Å²) in [5, 5.41) is 16.4. The van der Waals surface area contributed by atoms with E-state index < -0.39 is 0 Å². The second kappa shape index (κ2) is 8.24. The molecule has 6 heteroatoms. The Morgan fingerprint density at radius 3 is 2.29 bits per heavy atom. The smallest absolute Gasteiger partial charge is 0.200 e. The zero-order valence-corrected chi connectivity index (χ0v) is 13.4. The van der Waals surface area contributed by atoms with Gasteiger partial charge in [0.1, 0.15) is 0 Å². The number of guanidine groups is 1. The van der Waals surface area contributed by atoms with E-state index in [1.807, 2.05) is 0 Å². The summed E-state index contributed by atoms with van der Waals surface area (Å²) in [6, 6.07) is 3.88. The van der Waals surface area contributed by atoms with Gasteiger partial charge in [-0.15, -0.1) is 0 Å². The van der Waals surface area contributed by atoms with Crippen molar-refractivity contribution in [1.82, 2.24) is 10.6 Å². The molecule has 0 saturated heterocycles. The first-order valence-electron chi connectivity index (χ1n) is 6.96. The topological polar surface area (TPSA) is 75.1 Å². The molecule has 0 bridgehead atoms. The number of aliphatic imine (C=N–C) groups is 1. The summed E-state index contributed by atoms with van der Waals surface area (Å²) in [5.41, 5.74) is 0.925. The quantitative estimate of drug-likeness (QED) is 0.552. The number of hydrogen-bond donors (Lipinski definition) is 3. The molecule has 118 valence electrons. The van der Waals surface area contributed by atoms with Crippen molar-refractivity contribution in [3.05, 3.63) is 17.7 Å². The lowest BCUT2D eigenvalue weighted by molar-refractivity contribution is 0.339. The Morgan fingerprint density at radius 1 is 1.29 bits per heavy atom. The predicted octanol–water partition coefficient (Wildman–Crippen LogP) is 1.87. The van der Waals surface area contributed by atoms with Crippen LogP contribution in [0.4, 0.5) is 0 Å². The highest BCUT2D eigenvalue weighted by molar-refractivity contribution is 5.79. The molecule has 1 rings (SSSR count). The molecule has 0 saturated carbocycles. The molecule has 0 fully saturated rings. The van der Waals surface area contributed by atoms with Crippen LogP contribution in [-0.4, -0.2) is 38.4 Å². The molecule has 0 aromatic heterocycles. The second-order valence-corrected chi connectivity index (χ2v) is 4.73. The van der Waals surface area contributed by atoms with Crippen molar-refractivity contribution < 1.29 is 14.6 Å². The number of nitrogens with zero attached hydrogens (tertiary/aromatic N) is 1. The van der Waals surface area contributed by atoms with Gasteiger partial charge in [0.15, 0.2) is 17.5 Å². The molecule has 1 unspecified atom stereocenters. The number of nitrogens with one attached hydrogen (secondary N) is 2. The largest absolute Gasteiger partial charge is 0.502 e. The highest BCUT2D eigenvalue weighted by Gasteiger charge is 2.11. The number of rotatable bonds is 6. The molecule has 1 aromatic rings. The number of hydrogen-bond acceptors (Lipinski definition) is 4. The molecular formula is C15H25N3O3. The highest BCUT2D eigenvalue weighted by Crippen LogP contribution is 2.36. The molecule has 6 nitrogen and oxygen atoms in total. The normalized spacial score (nSPS) is 12.7. The first-order valence-corrected chi connectivity index (χ1v) is 6.96. The maximum absolute atomic E-state index is 9.88. The summed E-state index contributed by atoms with van der Waals surface area (Å²) in [5.74, 6) is 1.51. The number of ether oxygens (including phenoxy) is 2. The summed E-state index contributed by atoms with van der Waals surface area (Å²) in [6.45, 7) is 4.75. The molecule has 21 heavy (non-hydrogen) atoms. The van der Waals surface area contributed by atoms with E-state index in [-0.39, 0.29) is 5.75 Å². The molecule has 0 aliphatic carbocycles. The van der Waals surface area contributed by atoms with E-state index in [1.54, 1.807) is 19.2 Å². The molecule has 3 N–H and O–H groups in total. The molecule has 0 heterocycles. The Balaban J connectivity index is 2.79. The number of benzene rings is 1. The van der Waals surface area contributed by atoms with Gasteiger partial charge in [-0.3, -0.25) is 4.99 Å². The monoisotopic (exact) mass is 295 g/mol. The third-order valence-electron chi connectivity index (χ3n) is 3.22. The van der Waals surface area contributed by atoms with E-state index in [2.05, 4.69) is 29.5 Å². The minimum atomic E-state index is 0.00543. The SMILES string of the molecule is CCC(C)NC(=NC)NCc1cc(OC)c(O)c(OC)c1. The fourth-order valence-electron chi connectivity index (χ4n) is 1.77. The third kappa shape index (κ3) is 4.73. The van der Waals surface area contributed by atoms with Crippen LogP contribution in [0.25, 0.3) is 0 Å². The first-order chi connectivity index (χ1) is 10.0. The van der Waals surface area contributed by atoms with Crippen LogP contribution in [0, 0.1) is 0 Å².